The van der Waals surface area contributed by atoms with E-state index >= 15 is 0 Å². The van der Waals surface area contributed by atoms with Crippen molar-refractivity contribution in [2.24, 2.45) is 5.29 Å². The topological polar surface area (TPSA) is 81.1 Å². The first-order chi connectivity index (χ1) is 13.7. The van der Waals surface area contributed by atoms with E-state index in [1.54, 1.807) is 61.7 Å². The Morgan fingerprint density at radius 1 is 1.04 bits per heavy atom. The molecule has 1 aromatic heterocycles. The van der Waals surface area contributed by atoms with E-state index < -0.39 is 5.97 Å². The maximum Gasteiger partial charge on any atom is 0.338 e. The van der Waals surface area contributed by atoms with Crippen LogP contribution in [-0.4, -0.2) is 17.6 Å². The zero-order valence-electron chi connectivity index (χ0n) is 15.3. The zero-order chi connectivity index (χ0) is 19.8. The van der Waals surface area contributed by atoms with Crippen LogP contribution in [0.1, 0.15) is 23.0 Å². The molecular weight excluding hydrogens is 358 g/mol. The molecule has 0 fully saturated rings. The second-order valence-corrected chi connectivity index (χ2v) is 5.77. The predicted molar refractivity (Wildman–Crippen MR) is 105 cm³/mol. The van der Waals surface area contributed by atoms with Crippen LogP contribution in [0.3, 0.4) is 0 Å². The molecule has 142 valence electrons. The summed E-state index contributed by atoms with van der Waals surface area (Å²) in [5.74, 6) is 0.189. The van der Waals surface area contributed by atoms with Gasteiger partial charge in [-0.15, -0.1) is 4.91 Å². The third kappa shape index (κ3) is 4.70. The molecule has 0 radical (unpaired) electrons. The van der Waals surface area contributed by atoms with Gasteiger partial charge in [0.25, 0.3) is 0 Å². The van der Waals surface area contributed by atoms with Crippen LogP contribution in [0, 0.1) is 4.91 Å². The van der Waals surface area contributed by atoms with Gasteiger partial charge in [-0.3, -0.25) is 4.98 Å². The van der Waals surface area contributed by atoms with Crippen LogP contribution in [0.5, 0.6) is 5.75 Å². The van der Waals surface area contributed by atoms with Crippen LogP contribution < -0.4 is 9.75 Å². The molecule has 3 aromatic rings. The number of pyridine rings is 1. The van der Waals surface area contributed by atoms with Gasteiger partial charge in [0.15, 0.2) is 0 Å². The molecule has 0 bridgehead atoms. The fourth-order valence-electron chi connectivity index (χ4n) is 2.55. The van der Waals surface area contributed by atoms with Crippen LogP contribution in [0.4, 0.5) is 11.4 Å². The Hall–Kier alpha value is -3.74. The van der Waals surface area contributed by atoms with E-state index in [9.17, 15) is 9.70 Å². The average Bonchev–Trinajstić information content (AvgIpc) is 2.75. The molecule has 7 heteroatoms. The second kappa shape index (κ2) is 9.27. The van der Waals surface area contributed by atoms with Gasteiger partial charge in [0.1, 0.15) is 12.4 Å². The molecule has 0 aliphatic rings. The Morgan fingerprint density at radius 2 is 1.86 bits per heavy atom. The Bertz CT molecular complexity index is 930. The van der Waals surface area contributed by atoms with Gasteiger partial charge >= 0.3 is 5.97 Å². The number of carbonyl (C=O) groups excluding carboxylic acids is 1. The maximum atomic E-state index is 11.9. The summed E-state index contributed by atoms with van der Waals surface area (Å²) in [6.07, 6.45) is 1.71. The molecule has 0 saturated heterocycles. The van der Waals surface area contributed by atoms with Gasteiger partial charge in [-0.1, -0.05) is 12.1 Å². The molecule has 0 aliphatic heterocycles. The summed E-state index contributed by atoms with van der Waals surface area (Å²) < 4.78 is 10.7. The monoisotopic (exact) mass is 377 g/mol. The number of benzene rings is 2. The van der Waals surface area contributed by atoms with Crippen LogP contribution in [0.25, 0.3) is 0 Å². The highest BCUT2D eigenvalue weighted by Gasteiger charge is 2.13. The van der Waals surface area contributed by atoms with E-state index in [2.05, 4.69) is 10.3 Å². The summed E-state index contributed by atoms with van der Waals surface area (Å²) in [6.45, 7) is 2.36. The summed E-state index contributed by atoms with van der Waals surface area (Å²) in [4.78, 5) is 27.5. The minimum absolute atomic E-state index is 0.276. The number of hydrogen-bond acceptors (Lipinski definition) is 6. The first-order valence-electron chi connectivity index (χ1n) is 8.74. The number of esters is 1. The van der Waals surface area contributed by atoms with E-state index in [1.165, 1.54) is 5.01 Å². The molecule has 0 saturated carbocycles. The average molecular weight is 377 g/mol. The maximum absolute atomic E-state index is 11.9. The zero-order valence-corrected chi connectivity index (χ0v) is 15.3. The molecule has 1 heterocycles. The number of aromatic nitrogens is 1. The van der Waals surface area contributed by atoms with Crippen molar-refractivity contribution >= 4 is 17.3 Å². The molecule has 0 unspecified atom stereocenters. The van der Waals surface area contributed by atoms with E-state index in [0.717, 1.165) is 5.69 Å². The van der Waals surface area contributed by atoms with Crippen molar-refractivity contribution in [3.05, 3.63) is 89.1 Å². The summed E-state index contributed by atoms with van der Waals surface area (Å²) in [6, 6.07) is 19.1. The number of hydrogen-bond donors (Lipinski definition) is 0. The fraction of sp³-hybridized carbons (Fsp3) is 0.143. The molecular formula is C21H19N3O4. The van der Waals surface area contributed by atoms with Gasteiger partial charge < -0.3 is 9.47 Å². The van der Waals surface area contributed by atoms with E-state index in [4.69, 9.17) is 9.47 Å². The largest absolute Gasteiger partial charge is 0.487 e. The summed E-state index contributed by atoms with van der Waals surface area (Å²) in [5.41, 5.74) is 2.17. The molecule has 0 N–H and O–H groups in total. The van der Waals surface area contributed by atoms with Crippen LogP contribution >= 0.6 is 0 Å². The van der Waals surface area contributed by atoms with Gasteiger partial charge in [-0.2, -0.15) is 5.01 Å². The van der Waals surface area contributed by atoms with Gasteiger partial charge in [0.05, 0.1) is 34.5 Å². The number of nitroso groups, excluding NO2 is 1. The molecule has 28 heavy (non-hydrogen) atoms. The number of anilines is 2. The van der Waals surface area contributed by atoms with E-state index in [1.807, 2.05) is 18.2 Å². The van der Waals surface area contributed by atoms with E-state index in [0.29, 0.717) is 29.3 Å². The van der Waals surface area contributed by atoms with Crippen molar-refractivity contribution in [3.63, 3.8) is 0 Å². The van der Waals surface area contributed by atoms with Crippen molar-refractivity contribution in [1.29, 1.82) is 0 Å². The summed E-state index contributed by atoms with van der Waals surface area (Å²) in [5, 5.41) is 4.28. The minimum atomic E-state index is -0.450. The van der Waals surface area contributed by atoms with Gasteiger partial charge in [-0.25, -0.2) is 4.79 Å². The number of nitrogens with zero attached hydrogens (tertiary/aromatic N) is 3. The Labute approximate surface area is 162 Å². The van der Waals surface area contributed by atoms with Crippen molar-refractivity contribution in [3.8, 4) is 5.75 Å². The smallest absolute Gasteiger partial charge is 0.338 e. The fourth-order valence-corrected chi connectivity index (χ4v) is 2.55. The lowest BCUT2D eigenvalue weighted by molar-refractivity contribution is 0.0526. The van der Waals surface area contributed by atoms with Crippen molar-refractivity contribution in [1.82, 2.24) is 4.98 Å². The molecule has 0 amide bonds. The standard InChI is InChI=1S/C21H19N3O4/c1-2-27-21(25)16-6-5-8-19(14-16)24(23-26)18-9-11-20(12-10-18)28-15-17-7-3-4-13-22-17/h3-14H,2,15H2,1H3. The summed E-state index contributed by atoms with van der Waals surface area (Å²) >= 11 is 0. The normalized spacial score (nSPS) is 10.2. The minimum Gasteiger partial charge on any atom is -0.487 e. The lowest BCUT2D eigenvalue weighted by Crippen LogP contribution is -2.10. The molecule has 3 rings (SSSR count). The first-order valence-corrected chi connectivity index (χ1v) is 8.74. The summed E-state index contributed by atoms with van der Waals surface area (Å²) in [7, 11) is 0. The van der Waals surface area contributed by atoms with Gasteiger partial charge in [-0.05, 0) is 61.5 Å². The predicted octanol–water partition coefficient (Wildman–Crippen LogP) is 4.66. The van der Waals surface area contributed by atoms with Crippen molar-refractivity contribution in [2.45, 2.75) is 13.5 Å². The third-order valence-electron chi connectivity index (χ3n) is 3.88. The number of carbonyl (C=O) groups is 1. The highest BCUT2D eigenvalue weighted by Crippen LogP contribution is 2.28. The quantitative estimate of drug-likeness (QED) is 0.323. The number of rotatable bonds is 8. The molecule has 0 atom stereocenters. The Kier molecular flexibility index (Phi) is 6.30. The lowest BCUT2D eigenvalue weighted by atomic mass is 10.2. The van der Waals surface area contributed by atoms with Crippen LogP contribution in [0.2, 0.25) is 0 Å². The Balaban J connectivity index is 1.73. The van der Waals surface area contributed by atoms with Crippen LogP contribution in [0.15, 0.2) is 78.2 Å². The van der Waals surface area contributed by atoms with Gasteiger partial charge in [0.2, 0.25) is 0 Å². The second-order valence-electron chi connectivity index (χ2n) is 5.77. The lowest BCUT2D eigenvalue weighted by Gasteiger charge is -2.16. The van der Waals surface area contributed by atoms with Crippen molar-refractivity contribution < 1.29 is 14.3 Å². The highest BCUT2D eigenvalue weighted by atomic mass is 16.5. The molecule has 2 aromatic carbocycles. The molecule has 0 spiro atoms. The molecule has 0 aliphatic carbocycles. The third-order valence-corrected chi connectivity index (χ3v) is 3.88. The molecule has 7 nitrogen and oxygen atoms in total. The number of ether oxygens (including phenoxy) is 2. The van der Waals surface area contributed by atoms with Crippen molar-refractivity contribution in [2.75, 3.05) is 11.6 Å². The first kappa shape index (κ1) is 19.0. The Morgan fingerprint density at radius 3 is 2.54 bits per heavy atom. The van der Waals surface area contributed by atoms with Crippen LogP contribution in [-0.2, 0) is 11.3 Å². The van der Waals surface area contributed by atoms with Gasteiger partial charge in [0, 0.05) is 6.20 Å². The van der Waals surface area contributed by atoms with E-state index in [-0.39, 0.29) is 6.61 Å². The SMILES string of the molecule is CCOC(=O)c1cccc(N(N=O)c2ccc(OCc3ccccn3)cc2)c1. The highest BCUT2D eigenvalue weighted by molar-refractivity contribution is 5.90.